The van der Waals surface area contributed by atoms with E-state index in [-0.39, 0.29) is 1.43 Å². The van der Waals surface area contributed by atoms with Crippen LogP contribution in [0.1, 0.15) is 38.2 Å². The summed E-state index contributed by atoms with van der Waals surface area (Å²) in [6.07, 6.45) is 10.5. The van der Waals surface area contributed by atoms with Crippen molar-refractivity contribution in [2.24, 2.45) is 17.8 Å². The molecule has 3 atom stereocenters. The van der Waals surface area contributed by atoms with E-state index in [0.717, 1.165) is 24.3 Å². The van der Waals surface area contributed by atoms with Gasteiger partial charge in [0, 0.05) is 25.6 Å². The molecule has 1 aromatic rings. The van der Waals surface area contributed by atoms with Gasteiger partial charge in [-0.25, -0.2) is 0 Å². The Morgan fingerprint density at radius 2 is 2.09 bits per heavy atom. The Bertz CT molecular complexity index is 645. The maximum atomic E-state index is 3.67. The van der Waals surface area contributed by atoms with Crippen LogP contribution in [0.2, 0.25) is 0 Å². The van der Waals surface area contributed by atoms with Gasteiger partial charge in [-0.1, -0.05) is 29.8 Å². The summed E-state index contributed by atoms with van der Waals surface area (Å²) in [5.74, 6) is 2.75. The van der Waals surface area contributed by atoms with Crippen LogP contribution in [0.4, 0.5) is 5.69 Å². The van der Waals surface area contributed by atoms with E-state index in [4.69, 9.17) is 0 Å². The topological polar surface area (TPSA) is 15.3 Å². The Hall–Kier alpha value is -1.28. The van der Waals surface area contributed by atoms with Crippen LogP contribution < -0.4 is 5.32 Å². The number of aryl methyl sites for hydroxylation is 1. The summed E-state index contributed by atoms with van der Waals surface area (Å²) in [6, 6.07) is 6.96. The summed E-state index contributed by atoms with van der Waals surface area (Å²) in [4.78, 5) is 2.76. The molecule has 2 nitrogen and oxygen atoms in total. The first-order valence-electron chi connectivity index (χ1n) is 9.48. The van der Waals surface area contributed by atoms with Crippen molar-refractivity contribution in [1.82, 2.24) is 4.90 Å². The molecule has 1 saturated heterocycles. The highest BCUT2D eigenvalue weighted by atomic mass is 15.1. The molecule has 1 N–H and O–H groups in total. The first kappa shape index (κ1) is 14.1. The van der Waals surface area contributed by atoms with Crippen molar-refractivity contribution in [3.8, 4) is 0 Å². The van der Waals surface area contributed by atoms with E-state index in [2.05, 4.69) is 47.5 Å². The molecule has 0 radical (unpaired) electrons. The van der Waals surface area contributed by atoms with Gasteiger partial charge in [0.2, 0.25) is 0 Å². The fourth-order valence-corrected chi connectivity index (χ4v) is 5.66. The van der Waals surface area contributed by atoms with E-state index in [1.807, 2.05) is 0 Å². The number of benzene rings is 1. The van der Waals surface area contributed by atoms with Crippen molar-refractivity contribution in [2.75, 3.05) is 31.5 Å². The summed E-state index contributed by atoms with van der Waals surface area (Å²) in [6.45, 7) is 7.29. The van der Waals surface area contributed by atoms with Crippen LogP contribution in [0, 0.1) is 24.7 Å². The Kier molecular flexibility index (Phi) is 3.13. The fraction of sp³-hybridized carbons (Fsp3) is 0.619. The lowest BCUT2D eigenvalue weighted by Crippen LogP contribution is -2.45. The predicted molar refractivity (Wildman–Crippen MR) is 98.0 cm³/mol. The summed E-state index contributed by atoms with van der Waals surface area (Å²) in [5, 5.41) is 3.67. The van der Waals surface area contributed by atoms with Gasteiger partial charge in [0.15, 0.2) is 0 Å². The van der Waals surface area contributed by atoms with E-state index < -0.39 is 0 Å². The van der Waals surface area contributed by atoms with Crippen molar-refractivity contribution in [2.45, 2.75) is 38.0 Å². The third kappa shape index (κ3) is 2.26. The second-order valence-electron chi connectivity index (χ2n) is 8.52. The van der Waals surface area contributed by atoms with Gasteiger partial charge >= 0.3 is 0 Å². The van der Waals surface area contributed by atoms with Crippen LogP contribution in [-0.2, 0) is 5.41 Å². The minimum Gasteiger partial charge on any atom is -0.384 e. The van der Waals surface area contributed by atoms with Crippen molar-refractivity contribution in [3.63, 3.8) is 0 Å². The van der Waals surface area contributed by atoms with Crippen LogP contribution in [0.5, 0.6) is 0 Å². The predicted octanol–water partition coefficient (Wildman–Crippen LogP) is 4.21. The molecule has 3 unspecified atom stereocenters. The first-order chi connectivity index (χ1) is 11.2. The lowest BCUT2D eigenvalue weighted by Gasteiger charge is -2.41. The molecule has 2 fully saturated rings. The van der Waals surface area contributed by atoms with Crippen LogP contribution in [0.15, 0.2) is 30.4 Å². The number of hydrogen-bond donors (Lipinski definition) is 1. The zero-order valence-corrected chi connectivity index (χ0v) is 14.2. The molecule has 0 aromatic heterocycles. The molecule has 2 aliphatic heterocycles. The minimum absolute atomic E-state index is 0. The van der Waals surface area contributed by atoms with Gasteiger partial charge in [-0.05, 0) is 75.1 Å². The highest BCUT2D eigenvalue weighted by Crippen LogP contribution is 2.46. The van der Waals surface area contributed by atoms with E-state index in [1.165, 1.54) is 56.6 Å². The zero-order chi connectivity index (χ0) is 15.4. The van der Waals surface area contributed by atoms with E-state index in [1.54, 1.807) is 5.56 Å². The molecular weight excluding hydrogens is 280 g/mol. The molecule has 2 aliphatic carbocycles. The van der Waals surface area contributed by atoms with Crippen LogP contribution >= 0.6 is 0 Å². The number of nitrogens with one attached hydrogen (secondary N) is 1. The highest BCUT2D eigenvalue weighted by molar-refractivity contribution is 5.61. The van der Waals surface area contributed by atoms with Gasteiger partial charge in [-0.2, -0.15) is 0 Å². The van der Waals surface area contributed by atoms with Gasteiger partial charge in [0.25, 0.3) is 0 Å². The monoisotopic (exact) mass is 310 g/mol. The zero-order valence-electron chi connectivity index (χ0n) is 14.2. The molecule has 0 amide bonds. The number of nitrogens with zero attached hydrogens (tertiary/aromatic N) is 1. The van der Waals surface area contributed by atoms with Crippen LogP contribution in [0.25, 0.3) is 0 Å². The van der Waals surface area contributed by atoms with E-state index >= 15 is 0 Å². The number of piperidine rings is 1. The van der Waals surface area contributed by atoms with Gasteiger partial charge in [-0.15, -0.1) is 0 Å². The quantitative estimate of drug-likeness (QED) is 0.823. The molecular formula is C21H30N2. The smallest absolute Gasteiger partial charge is 0.0379 e. The lowest BCUT2D eigenvalue weighted by molar-refractivity contribution is 0.140. The Morgan fingerprint density at radius 1 is 1.22 bits per heavy atom. The van der Waals surface area contributed by atoms with Crippen molar-refractivity contribution in [3.05, 3.63) is 41.5 Å². The summed E-state index contributed by atoms with van der Waals surface area (Å²) < 4.78 is 0. The Balaban J connectivity index is 0.00000146. The maximum Gasteiger partial charge on any atom is 0.0379 e. The van der Waals surface area contributed by atoms with Crippen molar-refractivity contribution < 1.29 is 1.43 Å². The van der Waals surface area contributed by atoms with Gasteiger partial charge in [-0.3, -0.25) is 0 Å². The number of fused-ring (bicyclic) bond motifs is 4. The van der Waals surface area contributed by atoms with E-state index in [0.29, 0.717) is 5.41 Å². The average molecular weight is 310 g/mol. The summed E-state index contributed by atoms with van der Waals surface area (Å²) in [5.41, 5.74) is 4.80. The summed E-state index contributed by atoms with van der Waals surface area (Å²) in [7, 11) is 0. The molecule has 2 heteroatoms. The number of likely N-dealkylation sites (tertiary alicyclic amines) is 1. The molecule has 124 valence electrons. The molecule has 1 saturated carbocycles. The number of allylic oxidation sites excluding steroid dienone is 2. The molecule has 2 heterocycles. The Morgan fingerprint density at radius 3 is 2.83 bits per heavy atom. The molecule has 1 spiro atoms. The molecule has 2 bridgehead atoms. The highest BCUT2D eigenvalue weighted by Gasteiger charge is 2.43. The second kappa shape index (κ2) is 5.11. The van der Waals surface area contributed by atoms with Crippen LogP contribution in [0.3, 0.4) is 0 Å². The lowest BCUT2D eigenvalue weighted by atomic mass is 9.74. The normalized spacial score (nSPS) is 34.0. The second-order valence-corrected chi connectivity index (χ2v) is 8.52. The van der Waals surface area contributed by atoms with Crippen molar-refractivity contribution >= 4 is 5.69 Å². The van der Waals surface area contributed by atoms with Crippen LogP contribution in [-0.4, -0.2) is 31.1 Å². The largest absolute Gasteiger partial charge is 0.384 e. The number of anilines is 1. The SMILES string of the molecule is Cc1ccc2c(c1)C1(CCN(CC3CC4C=CC3C4)CC1)CN2.[HH]. The minimum atomic E-state index is 0. The third-order valence-corrected chi connectivity index (χ3v) is 7.09. The van der Waals surface area contributed by atoms with Crippen molar-refractivity contribution in [1.29, 1.82) is 0 Å². The standard InChI is InChI=1S/C21H28N2.H2/c1-15-2-5-20-19(10-15)21(14-22-20)6-8-23(9-7-21)13-18-12-16-3-4-17(18)11-16;/h2-5,10,16-18,22H,6-9,11-14H2,1H3;1H. The average Bonchev–Trinajstić information content (AvgIpc) is 3.25. The van der Waals surface area contributed by atoms with Gasteiger partial charge in [0.05, 0.1) is 0 Å². The van der Waals surface area contributed by atoms with Gasteiger partial charge in [0.1, 0.15) is 0 Å². The third-order valence-electron chi connectivity index (χ3n) is 7.09. The van der Waals surface area contributed by atoms with E-state index in [9.17, 15) is 0 Å². The number of rotatable bonds is 2. The number of hydrogen-bond acceptors (Lipinski definition) is 2. The Labute approximate surface area is 141 Å². The fourth-order valence-electron chi connectivity index (χ4n) is 5.66. The maximum absolute atomic E-state index is 3.67. The van der Waals surface area contributed by atoms with Gasteiger partial charge < -0.3 is 10.2 Å². The molecule has 5 rings (SSSR count). The summed E-state index contributed by atoms with van der Waals surface area (Å²) >= 11 is 0. The molecule has 1 aromatic carbocycles. The molecule has 4 aliphatic rings. The molecule has 23 heavy (non-hydrogen) atoms. The first-order valence-corrected chi connectivity index (χ1v) is 9.48.